The van der Waals surface area contributed by atoms with Crippen LogP contribution in [0.4, 0.5) is 0 Å². The smallest absolute Gasteiger partial charge is 0.102 e. The van der Waals surface area contributed by atoms with Crippen LogP contribution in [0.3, 0.4) is 0 Å². The van der Waals surface area contributed by atoms with Crippen LogP contribution in [0.2, 0.25) is 0 Å². The highest BCUT2D eigenvalue weighted by Gasteiger charge is 2.40. The van der Waals surface area contributed by atoms with E-state index in [1.54, 1.807) is 21.3 Å². The van der Waals surface area contributed by atoms with Crippen molar-refractivity contribution in [2.45, 2.75) is 45.5 Å². The van der Waals surface area contributed by atoms with E-state index in [4.69, 9.17) is 14.2 Å². The Balaban J connectivity index is 3.04. The highest BCUT2D eigenvalue weighted by molar-refractivity contribution is 5.15. The minimum Gasteiger partial charge on any atom is -0.378 e. The maximum Gasteiger partial charge on any atom is 0.102 e. The Kier molecular flexibility index (Phi) is 4.53. The van der Waals surface area contributed by atoms with E-state index in [1.165, 1.54) is 5.57 Å². The van der Waals surface area contributed by atoms with Crippen LogP contribution in [0, 0.1) is 5.41 Å². The molecule has 0 saturated heterocycles. The van der Waals surface area contributed by atoms with Gasteiger partial charge in [0.05, 0.1) is 12.2 Å². The number of methoxy groups -OCH3 is 3. The van der Waals surface area contributed by atoms with Gasteiger partial charge in [0.1, 0.15) is 6.10 Å². The standard InChI is InChI=1S/C13H24O3/c1-9-7-10(14-4)12(16-6)13(2,3)8-11(9)15-5/h7,10-12H,8H2,1-6H3. The molecule has 0 amide bonds. The molecule has 1 rings (SSSR count). The van der Waals surface area contributed by atoms with Gasteiger partial charge in [-0.05, 0) is 24.3 Å². The Bertz CT molecular complexity index is 258. The Labute approximate surface area is 98.8 Å². The van der Waals surface area contributed by atoms with Gasteiger partial charge >= 0.3 is 0 Å². The van der Waals surface area contributed by atoms with Gasteiger partial charge in [-0.2, -0.15) is 0 Å². The van der Waals surface area contributed by atoms with Gasteiger partial charge in [0, 0.05) is 21.3 Å². The van der Waals surface area contributed by atoms with E-state index in [9.17, 15) is 0 Å². The molecule has 0 heterocycles. The molecule has 0 aromatic heterocycles. The molecule has 1 aliphatic rings. The lowest BCUT2D eigenvalue weighted by molar-refractivity contribution is -0.0809. The third-order valence-electron chi connectivity index (χ3n) is 3.53. The lowest BCUT2D eigenvalue weighted by Crippen LogP contribution is -2.41. The minimum absolute atomic E-state index is 0.000139. The zero-order valence-electron chi connectivity index (χ0n) is 11.2. The molecule has 3 nitrogen and oxygen atoms in total. The van der Waals surface area contributed by atoms with Crippen molar-refractivity contribution >= 4 is 0 Å². The summed E-state index contributed by atoms with van der Waals surface area (Å²) in [4.78, 5) is 0. The highest BCUT2D eigenvalue weighted by Crippen LogP contribution is 2.37. The molecule has 94 valence electrons. The van der Waals surface area contributed by atoms with Crippen LogP contribution in [0.5, 0.6) is 0 Å². The van der Waals surface area contributed by atoms with Gasteiger partial charge in [0.15, 0.2) is 0 Å². The van der Waals surface area contributed by atoms with Crippen molar-refractivity contribution in [2.75, 3.05) is 21.3 Å². The van der Waals surface area contributed by atoms with E-state index in [0.717, 1.165) is 6.42 Å². The van der Waals surface area contributed by atoms with Crippen molar-refractivity contribution in [1.29, 1.82) is 0 Å². The fourth-order valence-electron chi connectivity index (χ4n) is 2.57. The number of rotatable bonds is 3. The minimum atomic E-state index is 0.000139. The highest BCUT2D eigenvalue weighted by atomic mass is 16.5. The maximum atomic E-state index is 5.61. The molecule has 3 heteroatoms. The summed E-state index contributed by atoms with van der Waals surface area (Å²) in [5.74, 6) is 0. The van der Waals surface area contributed by atoms with E-state index in [0.29, 0.717) is 0 Å². The summed E-state index contributed by atoms with van der Waals surface area (Å²) >= 11 is 0. The Morgan fingerprint density at radius 2 is 1.75 bits per heavy atom. The van der Waals surface area contributed by atoms with Crippen LogP contribution in [-0.2, 0) is 14.2 Å². The van der Waals surface area contributed by atoms with E-state index >= 15 is 0 Å². The van der Waals surface area contributed by atoms with E-state index < -0.39 is 0 Å². The summed E-state index contributed by atoms with van der Waals surface area (Å²) < 4.78 is 16.6. The average Bonchev–Trinajstić information content (AvgIpc) is 2.33. The van der Waals surface area contributed by atoms with Crippen LogP contribution in [0.25, 0.3) is 0 Å². The van der Waals surface area contributed by atoms with Crippen LogP contribution in [0.1, 0.15) is 27.2 Å². The largest absolute Gasteiger partial charge is 0.378 e. The SMILES string of the molecule is COC1CC(C)(C)C(OC)C(OC)C=C1C. The summed E-state index contributed by atoms with van der Waals surface area (Å²) in [6, 6.07) is 0. The quantitative estimate of drug-likeness (QED) is 0.694. The first-order chi connectivity index (χ1) is 7.46. The first-order valence-corrected chi connectivity index (χ1v) is 5.73. The summed E-state index contributed by atoms with van der Waals surface area (Å²) in [5, 5.41) is 0. The second-order valence-electron chi connectivity index (χ2n) is 5.18. The fraction of sp³-hybridized carbons (Fsp3) is 0.846. The van der Waals surface area contributed by atoms with Crippen molar-refractivity contribution < 1.29 is 14.2 Å². The maximum absolute atomic E-state index is 5.61. The molecule has 0 radical (unpaired) electrons. The summed E-state index contributed by atoms with van der Waals surface area (Å²) in [7, 11) is 5.23. The molecule has 3 unspecified atom stereocenters. The second kappa shape index (κ2) is 5.30. The van der Waals surface area contributed by atoms with Gasteiger partial charge in [-0.1, -0.05) is 19.9 Å². The monoisotopic (exact) mass is 228 g/mol. The third-order valence-corrected chi connectivity index (χ3v) is 3.53. The first-order valence-electron chi connectivity index (χ1n) is 5.73. The van der Waals surface area contributed by atoms with Crippen molar-refractivity contribution in [3.05, 3.63) is 11.6 Å². The van der Waals surface area contributed by atoms with Crippen molar-refractivity contribution in [1.82, 2.24) is 0 Å². The molecule has 1 aliphatic carbocycles. The topological polar surface area (TPSA) is 27.7 Å². The van der Waals surface area contributed by atoms with Gasteiger partial charge in [0.25, 0.3) is 0 Å². The first kappa shape index (κ1) is 13.7. The van der Waals surface area contributed by atoms with E-state index in [-0.39, 0.29) is 23.7 Å². The predicted molar refractivity (Wildman–Crippen MR) is 64.5 cm³/mol. The van der Waals surface area contributed by atoms with Crippen LogP contribution >= 0.6 is 0 Å². The van der Waals surface area contributed by atoms with E-state index in [1.807, 2.05) is 0 Å². The molecule has 0 aromatic rings. The van der Waals surface area contributed by atoms with Crippen molar-refractivity contribution in [3.8, 4) is 0 Å². The number of hydrogen-bond acceptors (Lipinski definition) is 3. The predicted octanol–water partition coefficient (Wildman–Crippen LogP) is 2.41. The number of ether oxygens (including phenoxy) is 3. The molecule has 0 aromatic carbocycles. The Hall–Kier alpha value is -0.380. The van der Waals surface area contributed by atoms with Gasteiger partial charge in [0.2, 0.25) is 0 Å². The molecule has 0 spiro atoms. The van der Waals surface area contributed by atoms with Crippen LogP contribution in [-0.4, -0.2) is 39.6 Å². The zero-order valence-corrected chi connectivity index (χ0v) is 11.2. The zero-order chi connectivity index (χ0) is 12.3. The molecular formula is C13H24O3. The third kappa shape index (κ3) is 2.65. The molecule has 3 atom stereocenters. The molecule has 0 N–H and O–H groups in total. The van der Waals surface area contributed by atoms with Gasteiger partial charge in [-0.3, -0.25) is 0 Å². The van der Waals surface area contributed by atoms with Crippen molar-refractivity contribution in [2.24, 2.45) is 5.41 Å². The fourth-order valence-corrected chi connectivity index (χ4v) is 2.57. The normalized spacial score (nSPS) is 34.4. The van der Waals surface area contributed by atoms with E-state index in [2.05, 4.69) is 26.8 Å². The van der Waals surface area contributed by atoms with Gasteiger partial charge in [-0.25, -0.2) is 0 Å². The lowest BCUT2D eigenvalue weighted by atomic mass is 9.80. The summed E-state index contributed by atoms with van der Waals surface area (Å²) in [6.45, 7) is 6.49. The van der Waals surface area contributed by atoms with Crippen molar-refractivity contribution in [3.63, 3.8) is 0 Å². The molecule has 16 heavy (non-hydrogen) atoms. The Morgan fingerprint density at radius 3 is 2.19 bits per heavy atom. The van der Waals surface area contributed by atoms with Crippen LogP contribution in [0.15, 0.2) is 11.6 Å². The number of hydrogen-bond donors (Lipinski definition) is 0. The Morgan fingerprint density at radius 1 is 1.12 bits per heavy atom. The molecule has 0 saturated carbocycles. The second-order valence-corrected chi connectivity index (χ2v) is 5.18. The molecular weight excluding hydrogens is 204 g/mol. The summed E-state index contributed by atoms with van der Waals surface area (Å²) in [6.07, 6.45) is 3.29. The van der Waals surface area contributed by atoms with Gasteiger partial charge in [-0.15, -0.1) is 0 Å². The molecule has 0 fully saturated rings. The van der Waals surface area contributed by atoms with Gasteiger partial charge < -0.3 is 14.2 Å². The molecule has 0 bridgehead atoms. The summed E-state index contributed by atoms with van der Waals surface area (Å²) in [5.41, 5.74) is 1.26. The van der Waals surface area contributed by atoms with Crippen LogP contribution < -0.4 is 0 Å². The molecule has 0 aliphatic heterocycles. The average molecular weight is 228 g/mol. The lowest BCUT2D eigenvalue weighted by Gasteiger charge is -2.36.